The number of alkyl carbamates (subject to hydrolysis) is 1. The molecule has 1 amide bonds. The summed E-state index contributed by atoms with van der Waals surface area (Å²) < 4.78 is 25.0. The number of hydrogen-bond acceptors (Lipinski definition) is 5. The SMILES string of the molecule is CCOC(=O)c1cc(-c2ccc(F)cc2)nn1[C@H](C)CNC(=O)OC(C)(C)C. The summed E-state index contributed by atoms with van der Waals surface area (Å²) >= 11 is 0. The number of carbonyl (C=O) groups excluding carboxylic acids is 2. The predicted molar refractivity (Wildman–Crippen MR) is 103 cm³/mol. The second-order valence-corrected chi connectivity index (χ2v) is 7.32. The van der Waals surface area contributed by atoms with Crippen molar-refractivity contribution in [1.29, 1.82) is 0 Å². The lowest BCUT2D eigenvalue weighted by Gasteiger charge is -2.21. The summed E-state index contributed by atoms with van der Waals surface area (Å²) in [4.78, 5) is 24.2. The number of rotatable bonds is 6. The van der Waals surface area contributed by atoms with Crippen LogP contribution in [0.1, 0.15) is 51.1 Å². The van der Waals surface area contributed by atoms with E-state index in [1.807, 2.05) is 6.92 Å². The Bertz CT molecular complexity index is 825. The van der Waals surface area contributed by atoms with Gasteiger partial charge in [-0.3, -0.25) is 4.68 Å². The Kier molecular flexibility index (Phi) is 6.77. The molecule has 1 heterocycles. The highest BCUT2D eigenvalue weighted by Crippen LogP contribution is 2.22. The molecule has 1 aromatic carbocycles. The van der Waals surface area contributed by atoms with Crippen LogP contribution in [-0.2, 0) is 9.47 Å². The van der Waals surface area contributed by atoms with Gasteiger partial charge in [-0.1, -0.05) is 0 Å². The van der Waals surface area contributed by atoms with Crippen LogP contribution in [-0.4, -0.2) is 40.6 Å². The average Bonchev–Trinajstić information content (AvgIpc) is 3.04. The third kappa shape index (κ3) is 5.80. The second-order valence-electron chi connectivity index (χ2n) is 7.32. The van der Waals surface area contributed by atoms with Crippen molar-refractivity contribution < 1.29 is 23.5 Å². The number of aromatic nitrogens is 2. The van der Waals surface area contributed by atoms with E-state index in [0.29, 0.717) is 11.3 Å². The van der Waals surface area contributed by atoms with Gasteiger partial charge in [-0.15, -0.1) is 0 Å². The molecule has 1 aromatic heterocycles. The van der Waals surface area contributed by atoms with Crippen molar-refractivity contribution in [1.82, 2.24) is 15.1 Å². The zero-order chi connectivity index (χ0) is 20.9. The van der Waals surface area contributed by atoms with E-state index in [2.05, 4.69) is 10.4 Å². The maximum Gasteiger partial charge on any atom is 0.407 e. The van der Waals surface area contributed by atoms with E-state index in [1.165, 1.54) is 16.8 Å². The smallest absolute Gasteiger partial charge is 0.407 e. The zero-order valence-electron chi connectivity index (χ0n) is 16.8. The predicted octanol–water partition coefficient (Wildman–Crippen LogP) is 3.95. The number of benzene rings is 1. The molecule has 1 N–H and O–H groups in total. The van der Waals surface area contributed by atoms with Crippen LogP contribution in [0.5, 0.6) is 0 Å². The van der Waals surface area contributed by atoms with E-state index < -0.39 is 17.7 Å². The molecule has 0 aliphatic carbocycles. The van der Waals surface area contributed by atoms with Crippen molar-refractivity contribution in [3.63, 3.8) is 0 Å². The maximum absolute atomic E-state index is 13.2. The van der Waals surface area contributed by atoms with E-state index >= 15 is 0 Å². The first-order valence-corrected chi connectivity index (χ1v) is 9.10. The number of nitrogens with zero attached hydrogens (tertiary/aromatic N) is 2. The molecule has 0 saturated carbocycles. The Morgan fingerprint density at radius 3 is 2.46 bits per heavy atom. The molecule has 8 heteroatoms. The van der Waals surface area contributed by atoms with Crippen LogP contribution >= 0.6 is 0 Å². The lowest BCUT2D eigenvalue weighted by molar-refractivity contribution is 0.0508. The lowest BCUT2D eigenvalue weighted by atomic mass is 10.1. The van der Waals surface area contributed by atoms with Gasteiger partial charge in [0.15, 0.2) is 0 Å². The number of nitrogens with one attached hydrogen (secondary N) is 1. The van der Waals surface area contributed by atoms with Gasteiger partial charge in [0, 0.05) is 12.1 Å². The summed E-state index contributed by atoms with van der Waals surface area (Å²) in [6.07, 6.45) is -0.553. The van der Waals surface area contributed by atoms with Crippen molar-refractivity contribution in [2.45, 2.75) is 46.3 Å². The van der Waals surface area contributed by atoms with Crippen LogP contribution in [0.25, 0.3) is 11.3 Å². The Hall–Kier alpha value is -2.90. The molecule has 0 aliphatic rings. The highest BCUT2D eigenvalue weighted by atomic mass is 19.1. The van der Waals surface area contributed by atoms with Gasteiger partial charge in [0.05, 0.1) is 18.3 Å². The second kappa shape index (κ2) is 8.86. The molecule has 0 unspecified atom stereocenters. The molecular weight excluding hydrogens is 365 g/mol. The molecule has 0 spiro atoms. The summed E-state index contributed by atoms with van der Waals surface area (Å²) in [5.74, 6) is -0.879. The van der Waals surface area contributed by atoms with E-state index in [1.54, 1.807) is 45.9 Å². The van der Waals surface area contributed by atoms with Gasteiger partial charge >= 0.3 is 12.1 Å². The normalized spacial score (nSPS) is 12.4. The van der Waals surface area contributed by atoms with Crippen molar-refractivity contribution in [2.24, 2.45) is 0 Å². The van der Waals surface area contributed by atoms with Crippen molar-refractivity contribution >= 4 is 12.1 Å². The lowest BCUT2D eigenvalue weighted by Crippen LogP contribution is -2.36. The third-order valence-electron chi connectivity index (χ3n) is 3.72. The number of halogens is 1. The summed E-state index contributed by atoms with van der Waals surface area (Å²) in [6.45, 7) is 9.27. The molecule has 0 saturated heterocycles. The van der Waals surface area contributed by atoms with Gasteiger partial charge in [-0.05, 0) is 65.0 Å². The van der Waals surface area contributed by atoms with E-state index in [4.69, 9.17) is 9.47 Å². The summed E-state index contributed by atoms with van der Waals surface area (Å²) in [5, 5.41) is 7.14. The first kappa shape index (κ1) is 21.4. The molecule has 7 nitrogen and oxygen atoms in total. The number of amides is 1. The minimum Gasteiger partial charge on any atom is -0.461 e. The van der Waals surface area contributed by atoms with Crippen LogP contribution in [0.4, 0.5) is 9.18 Å². The van der Waals surface area contributed by atoms with E-state index in [0.717, 1.165) is 0 Å². The molecular formula is C20H26FN3O4. The van der Waals surface area contributed by atoms with Crippen LogP contribution < -0.4 is 5.32 Å². The summed E-state index contributed by atoms with van der Waals surface area (Å²) in [7, 11) is 0. The standard InChI is InChI=1S/C20H26FN3O4/c1-6-27-18(25)17-11-16(14-7-9-15(21)10-8-14)23-24(17)13(2)12-22-19(26)28-20(3,4)5/h7-11,13H,6,12H2,1-5H3,(H,22,26)/t13-/m1/s1. The highest BCUT2D eigenvalue weighted by molar-refractivity contribution is 5.89. The first-order valence-electron chi connectivity index (χ1n) is 9.10. The van der Waals surface area contributed by atoms with Gasteiger partial charge in [-0.2, -0.15) is 5.10 Å². The zero-order valence-corrected chi connectivity index (χ0v) is 16.8. The molecule has 0 bridgehead atoms. The van der Waals surface area contributed by atoms with Gasteiger partial charge in [-0.25, -0.2) is 14.0 Å². The molecule has 1 atom stereocenters. The molecule has 0 aliphatic heterocycles. The van der Waals surface area contributed by atoms with Crippen molar-refractivity contribution in [3.05, 3.63) is 41.8 Å². The Labute approximate surface area is 163 Å². The fraction of sp³-hybridized carbons (Fsp3) is 0.450. The number of ether oxygens (including phenoxy) is 2. The van der Waals surface area contributed by atoms with E-state index in [-0.39, 0.29) is 30.7 Å². The van der Waals surface area contributed by atoms with Gasteiger partial charge in [0.25, 0.3) is 0 Å². The highest BCUT2D eigenvalue weighted by Gasteiger charge is 2.22. The van der Waals surface area contributed by atoms with Crippen LogP contribution in [0.2, 0.25) is 0 Å². The Balaban J connectivity index is 2.23. The fourth-order valence-electron chi connectivity index (χ4n) is 2.48. The minimum atomic E-state index is -0.606. The van der Waals surface area contributed by atoms with Crippen molar-refractivity contribution in [3.8, 4) is 11.3 Å². The Morgan fingerprint density at radius 2 is 1.89 bits per heavy atom. The number of carbonyl (C=O) groups is 2. The first-order chi connectivity index (χ1) is 13.1. The minimum absolute atomic E-state index is 0.200. The quantitative estimate of drug-likeness (QED) is 0.754. The number of hydrogen-bond donors (Lipinski definition) is 1. The monoisotopic (exact) mass is 391 g/mol. The van der Waals surface area contributed by atoms with Gasteiger partial charge in [0.1, 0.15) is 17.1 Å². The molecule has 2 rings (SSSR count). The molecule has 0 fully saturated rings. The van der Waals surface area contributed by atoms with Crippen LogP contribution in [0, 0.1) is 5.82 Å². The van der Waals surface area contributed by atoms with E-state index in [9.17, 15) is 14.0 Å². The number of esters is 1. The third-order valence-corrected chi connectivity index (χ3v) is 3.72. The summed E-state index contributed by atoms with van der Waals surface area (Å²) in [5.41, 5.74) is 0.815. The molecule has 2 aromatic rings. The van der Waals surface area contributed by atoms with Crippen molar-refractivity contribution in [2.75, 3.05) is 13.2 Å². The molecule has 152 valence electrons. The van der Waals surface area contributed by atoms with Gasteiger partial charge in [0.2, 0.25) is 0 Å². The Morgan fingerprint density at radius 1 is 1.25 bits per heavy atom. The maximum atomic E-state index is 13.2. The molecule has 0 radical (unpaired) electrons. The fourth-order valence-corrected chi connectivity index (χ4v) is 2.48. The largest absolute Gasteiger partial charge is 0.461 e. The summed E-state index contributed by atoms with van der Waals surface area (Å²) in [6, 6.07) is 7.06. The topological polar surface area (TPSA) is 82.5 Å². The van der Waals surface area contributed by atoms with Gasteiger partial charge < -0.3 is 14.8 Å². The van der Waals surface area contributed by atoms with Crippen LogP contribution in [0.15, 0.2) is 30.3 Å². The van der Waals surface area contributed by atoms with Crippen LogP contribution in [0.3, 0.4) is 0 Å². The average molecular weight is 391 g/mol. The molecule has 28 heavy (non-hydrogen) atoms.